The van der Waals surface area contributed by atoms with E-state index >= 15 is 0 Å². The van der Waals surface area contributed by atoms with Gasteiger partial charge in [0, 0.05) is 30.6 Å². The minimum absolute atomic E-state index is 0.349. The summed E-state index contributed by atoms with van der Waals surface area (Å²) in [5.74, 6) is 0.325. The number of thioether (sulfide) groups is 1. The second-order valence-electron chi connectivity index (χ2n) is 2.66. The minimum atomic E-state index is -2.49. The number of methoxy groups -OCH3 is 1. The van der Waals surface area contributed by atoms with Crippen molar-refractivity contribution in [3.63, 3.8) is 0 Å². The maximum Gasteiger partial charge on any atom is 0.346 e. The van der Waals surface area contributed by atoms with Crippen LogP contribution in [-0.2, 0) is 9.53 Å². The molecule has 5 nitrogen and oxygen atoms in total. The molecule has 0 aromatic rings. The molecule has 0 saturated carbocycles. The predicted octanol–water partition coefficient (Wildman–Crippen LogP) is 1.92. The van der Waals surface area contributed by atoms with Gasteiger partial charge in [-0.25, -0.2) is 4.79 Å². The number of carbonyl (C=O) groups excluding carboxylic acids is 2. The molecule has 0 radical (unpaired) electrons. The van der Waals surface area contributed by atoms with E-state index in [0.717, 1.165) is 5.75 Å². The molecule has 1 rings (SSSR count). The van der Waals surface area contributed by atoms with Gasteiger partial charge < -0.3 is 10.1 Å². The van der Waals surface area contributed by atoms with Crippen LogP contribution >= 0.6 is 30.9 Å². The largest absolute Gasteiger partial charge is 0.465 e. The van der Waals surface area contributed by atoms with Crippen molar-refractivity contribution in [1.29, 1.82) is 3.56 Å². The molecule has 1 heterocycles. The number of halogens is 1. The first-order chi connectivity index (χ1) is 7.06. The van der Waals surface area contributed by atoms with Crippen molar-refractivity contribution in [2.75, 3.05) is 12.9 Å². The van der Waals surface area contributed by atoms with Crippen molar-refractivity contribution < 1.29 is 14.3 Å². The Morgan fingerprint density at radius 2 is 2.33 bits per heavy atom. The molecule has 0 unspecified atom stereocenters. The first-order valence-corrected chi connectivity index (χ1v) is 8.68. The molecular weight excluding hydrogens is 331 g/mol. The summed E-state index contributed by atoms with van der Waals surface area (Å²) in [6.07, 6.45) is 0.630. The second kappa shape index (κ2) is 5.50. The smallest absolute Gasteiger partial charge is 0.346 e. The quantitative estimate of drug-likeness (QED) is 0.355. The lowest BCUT2D eigenvalue weighted by Gasteiger charge is -2.05. The van der Waals surface area contributed by atoms with Crippen LogP contribution in [0.2, 0.25) is 0 Å². The van der Waals surface area contributed by atoms with Crippen LogP contribution < -0.4 is 5.32 Å². The van der Waals surface area contributed by atoms with Gasteiger partial charge in [-0.15, -0.1) is 11.8 Å². The van der Waals surface area contributed by atoms with Crippen LogP contribution in [0.3, 0.4) is 0 Å². The van der Waals surface area contributed by atoms with Crippen molar-refractivity contribution in [2.24, 2.45) is 0 Å². The predicted molar refractivity (Wildman–Crippen MR) is 68.5 cm³/mol. The zero-order valence-electron chi connectivity index (χ0n) is 8.13. The van der Waals surface area contributed by atoms with E-state index < -0.39 is 25.1 Å². The molecule has 0 bridgehead atoms. The van der Waals surface area contributed by atoms with E-state index in [2.05, 4.69) is 14.6 Å². The molecule has 84 valence electrons. The van der Waals surface area contributed by atoms with Crippen LogP contribution in [0, 0.1) is 3.56 Å². The number of hydrogen-bond acceptors (Lipinski definition) is 5. The molecule has 0 aliphatic carbocycles. The van der Waals surface area contributed by atoms with Gasteiger partial charge in [0.2, 0.25) is 0 Å². The molecule has 0 saturated heterocycles. The zero-order chi connectivity index (χ0) is 11.4. The molecule has 0 aromatic heterocycles. The number of ether oxygens (including phenoxy) is 1. The lowest BCUT2D eigenvalue weighted by molar-refractivity contribution is -0.135. The highest BCUT2D eigenvalue weighted by Crippen LogP contribution is 2.31. The van der Waals surface area contributed by atoms with Gasteiger partial charge in [-0.05, 0) is 10.9 Å². The Labute approximate surface area is 98.2 Å². The molecule has 15 heavy (non-hydrogen) atoms. The zero-order valence-corrected chi connectivity index (χ0v) is 11.1. The molecule has 1 amide bonds. The number of carbonyl (C=O) groups is 2. The normalized spacial score (nSPS) is 15.6. The van der Waals surface area contributed by atoms with Crippen LogP contribution in [0.15, 0.2) is 10.6 Å². The third-order valence-electron chi connectivity index (χ3n) is 1.70. The van der Waals surface area contributed by atoms with Crippen molar-refractivity contribution >= 4 is 45.3 Å². The second-order valence-corrected chi connectivity index (χ2v) is 6.81. The standard InChI is InChI=1S/C8H11IN2O3S/c1-9(10)8(13)11-5-3-4-15-6(5)7(12)14-2/h10H,1,3-4H2,2H3,(H,11,13). The fraction of sp³-hybridized carbons (Fsp3) is 0.375. The lowest BCUT2D eigenvalue weighted by Crippen LogP contribution is -2.18. The number of esters is 1. The first kappa shape index (κ1) is 12.5. The summed E-state index contributed by atoms with van der Waals surface area (Å²) in [5.41, 5.74) is 0.579. The molecule has 0 atom stereocenters. The highest BCUT2D eigenvalue weighted by molar-refractivity contribution is 14.2. The minimum Gasteiger partial charge on any atom is -0.465 e. The summed E-state index contributed by atoms with van der Waals surface area (Å²) in [7, 11) is 1.30. The fourth-order valence-corrected chi connectivity index (χ4v) is 2.72. The van der Waals surface area contributed by atoms with Crippen LogP contribution in [0.1, 0.15) is 6.42 Å². The fourth-order valence-electron chi connectivity index (χ4n) is 1.03. The summed E-state index contributed by atoms with van der Waals surface area (Å²) in [5, 5.41) is 2.58. The molecule has 0 aromatic carbocycles. The lowest BCUT2D eigenvalue weighted by atomic mass is 10.3. The summed E-state index contributed by atoms with van der Waals surface area (Å²) in [6.45, 7) is 0. The number of nitrogens with one attached hydrogen (secondary N) is 2. The van der Waals surface area contributed by atoms with Gasteiger partial charge in [0.05, 0.1) is 7.11 Å². The SMILES string of the molecule is C=I(=N)C(=O)NC1=C(C(=O)OC)SCC1. The monoisotopic (exact) mass is 342 g/mol. The van der Waals surface area contributed by atoms with E-state index in [0.29, 0.717) is 17.0 Å². The van der Waals surface area contributed by atoms with Gasteiger partial charge >= 0.3 is 5.97 Å². The summed E-state index contributed by atoms with van der Waals surface area (Å²) < 4.78 is 14.9. The number of amides is 1. The summed E-state index contributed by atoms with van der Waals surface area (Å²) in [6, 6.07) is 0. The highest BCUT2D eigenvalue weighted by Gasteiger charge is 2.23. The van der Waals surface area contributed by atoms with Crippen molar-refractivity contribution in [2.45, 2.75) is 6.42 Å². The average molecular weight is 342 g/mol. The maximum absolute atomic E-state index is 11.3. The van der Waals surface area contributed by atoms with Crippen molar-refractivity contribution in [3.8, 4) is 0 Å². The Morgan fingerprint density at radius 1 is 1.67 bits per heavy atom. The highest BCUT2D eigenvalue weighted by atomic mass is 127. The molecule has 1 aliphatic rings. The Hall–Kier alpha value is -0.570. The first-order valence-electron chi connectivity index (χ1n) is 4.01. The van der Waals surface area contributed by atoms with E-state index in [1.807, 2.05) is 0 Å². The Morgan fingerprint density at radius 3 is 2.87 bits per heavy atom. The van der Waals surface area contributed by atoms with Gasteiger partial charge in [-0.1, -0.05) is 0 Å². The van der Waals surface area contributed by atoms with Crippen LogP contribution in [0.5, 0.6) is 0 Å². The van der Waals surface area contributed by atoms with Gasteiger partial charge in [0.25, 0.3) is 3.91 Å². The van der Waals surface area contributed by atoms with Gasteiger partial charge in [-0.3, -0.25) is 8.36 Å². The van der Waals surface area contributed by atoms with Crippen molar-refractivity contribution in [1.82, 2.24) is 5.32 Å². The third kappa shape index (κ3) is 3.20. The van der Waals surface area contributed by atoms with Gasteiger partial charge in [0.1, 0.15) is 4.91 Å². The number of hydrogen-bond donors (Lipinski definition) is 2. The Kier molecular flexibility index (Phi) is 4.58. The van der Waals surface area contributed by atoms with E-state index in [4.69, 9.17) is 3.56 Å². The summed E-state index contributed by atoms with van der Waals surface area (Å²) in [4.78, 5) is 23.0. The van der Waals surface area contributed by atoms with Crippen molar-refractivity contribution in [3.05, 3.63) is 10.6 Å². The van der Waals surface area contributed by atoms with E-state index in [1.165, 1.54) is 18.9 Å². The molecule has 1 aliphatic heterocycles. The van der Waals surface area contributed by atoms with Crippen LogP contribution in [-0.4, -0.2) is 27.3 Å². The van der Waals surface area contributed by atoms with Gasteiger partial charge in [-0.2, -0.15) is 0 Å². The molecule has 7 heteroatoms. The third-order valence-corrected chi connectivity index (χ3v) is 4.26. The number of rotatable bonds is 3. The molecular formula is C8H11IN2O3S. The van der Waals surface area contributed by atoms with E-state index in [9.17, 15) is 9.59 Å². The maximum atomic E-state index is 11.3. The van der Waals surface area contributed by atoms with E-state index in [1.54, 1.807) is 0 Å². The summed E-state index contributed by atoms with van der Waals surface area (Å²) >= 11 is -1.13. The molecule has 0 spiro atoms. The topological polar surface area (TPSA) is 79.3 Å². The van der Waals surface area contributed by atoms with Crippen LogP contribution in [0.4, 0.5) is 4.79 Å². The number of allylic oxidation sites excluding steroid dienone is 1. The van der Waals surface area contributed by atoms with E-state index in [-0.39, 0.29) is 3.91 Å². The average Bonchev–Trinajstić information content (AvgIpc) is 2.64. The molecule has 0 fully saturated rings. The van der Waals surface area contributed by atoms with Crippen LogP contribution in [0.25, 0.3) is 0 Å². The Balaban J connectivity index is 2.82. The van der Waals surface area contributed by atoms with Gasteiger partial charge in [0.15, 0.2) is 0 Å². The molecule has 2 N–H and O–H groups in total. The Bertz CT molecular complexity index is 393.